The van der Waals surface area contributed by atoms with Gasteiger partial charge < -0.3 is 10.1 Å². The summed E-state index contributed by atoms with van der Waals surface area (Å²) in [5.41, 5.74) is 6.13. The zero-order valence-electron chi connectivity index (χ0n) is 15.5. The average Bonchev–Trinajstić information content (AvgIpc) is 2.71. The molecule has 0 aromatic heterocycles. The Morgan fingerprint density at radius 2 is 1.54 bits per heavy atom. The summed E-state index contributed by atoms with van der Waals surface area (Å²) in [6.45, 7) is 1.81. The first kappa shape index (κ1) is 21.2. The number of hydrazine groups is 1. The third-order valence-corrected chi connectivity index (χ3v) is 4.10. The molecular formula is C20H22ClN3O4. The summed E-state index contributed by atoms with van der Waals surface area (Å²) in [5.74, 6) is -0.785. The van der Waals surface area contributed by atoms with Crippen LogP contribution in [0.5, 0.6) is 5.75 Å². The number of carbonyl (C=O) groups is 3. The van der Waals surface area contributed by atoms with Gasteiger partial charge in [-0.3, -0.25) is 25.2 Å². The molecule has 148 valence electrons. The molecule has 0 saturated heterocycles. The van der Waals surface area contributed by atoms with Crippen LogP contribution in [0.1, 0.15) is 25.3 Å². The van der Waals surface area contributed by atoms with Crippen LogP contribution < -0.4 is 20.9 Å². The Morgan fingerprint density at radius 3 is 2.21 bits per heavy atom. The lowest BCUT2D eigenvalue weighted by atomic mass is 10.2. The lowest BCUT2D eigenvalue weighted by Crippen LogP contribution is -2.44. The van der Waals surface area contributed by atoms with Crippen molar-refractivity contribution in [2.75, 3.05) is 11.9 Å². The second-order valence-corrected chi connectivity index (χ2v) is 6.32. The lowest BCUT2D eigenvalue weighted by Gasteiger charge is -2.09. The SMILES string of the molecule is CCc1ccc(OCC(=O)NNC(=O)CCC(=O)Nc2ccccc2Cl)cc1. The fourth-order valence-corrected chi connectivity index (χ4v) is 2.39. The van der Waals surface area contributed by atoms with Crippen LogP contribution in [0.25, 0.3) is 0 Å². The zero-order chi connectivity index (χ0) is 20.4. The van der Waals surface area contributed by atoms with Crippen molar-refractivity contribution >= 4 is 35.0 Å². The van der Waals surface area contributed by atoms with E-state index in [9.17, 15) is 14.4 Å². The molecule has 8 heteroatoms. The predicted octanol–water partition coefficient (Wildman–Crippen LogP) is 2.85. The van der Waals surface area contributed by atoms with Crippen LogP contribution in [-0.4, -0.2) is 24.3 Å². The molecule has 2 aromatic rings. The van der Waals surface area contributed by atoms with Gasteiger partial charge in [-0.2, -0.15) is 0 Å². The number of halogens is 1. The first-order valence-electron chi connectivity index (χ1n) is 8.81. The summed E-state index contributed by atoms with van der Waals surface area (Å²) in [5, 5.41) is 3.03. The quantitative estimate of drug-likeness (QED) is 0.590. The standard InChI is InChI=1S/C20H22ClN3O4/c1-2-14-7-9-15(10-8-14)28-13-20(27)24-23-19(26)12-11-18(25)22-17-6-4-3-5-16(17)21/h3-10H,2,11-13H2,1H3,(H,22,25)(H,23,26)(H,24,27). The van der Waals surface area contributed by atoms with Gasteiger partial charge in [-0.1, -0.05) is 42.8 Å². The van der Waals surface area contributed by atoms with Crippen LogP contribution in [0, 0.1) is 0 Å². The topological polar surface area (TPSA) is 96.5 Å². The van der Waals surface area contributed by atoms with E-state index in [4.69, 9.17) is 16.3 Å². The number of aryl methyl sites for hydroxylation is 1. The Balaban J connectivity index is 1.63. The molecule has 0 atom stereocenters. The Kier molecular flexibility index (Phi) is 8.30. The normalized spacial score (nSPS) is 10.1. The summed E-state index contributed by atoms with van der Waals surface area (Å²) in [6, 6.07) is 14.2. The van der Waals surface area contributed by atoms with E-state index in [1.54, 1.807) is 36.4 Å². The number of amides is 3. The average molecular weight is 404 g/mol. The van der Waals surface area contributed by atoms with Gasteiger partial charge in [-0.05, 0) is 36.2 Å². The highest BCUT2D eigenvalue weighted by atomic mass is 35.5. The second-order valence-electron chi connectivity index (χ2n) is 5.91. The van der Waals surface area contributed by atoms with Crippen LogP contribution in [0.2, 0.25) is 5.02 Å². The lowest BCUT2D eigenvalue weighted by molar-refractivity contribution is -0.130. The first-order valence-corrected chi connectivity index (χ1v) is 9.19. The maximum atomic E-state index is 11.9. The summed E-state index contributed by atoms with van der Waals surface area (Å²) in [7, 11) is 0. The van der Waals surface area contributed by atoms with E-state index in [-0.39, 0.29) is 25.4 Å². The van der Waals surface area contributed by atoms with E-state index in [0.717, 1.165) is 6.42 Å². The summed E-state index contributed by atoms with van der Waals surface area (Å²) < 4.78 is 5.34. The van der Waals surface area contributed by atoms with Gasteiger partial charge in [0.15, 0.2) is 6.61 Å². The Hall–Kier alpha value is -3.06. The third-order valence-electron chi connectivity index (χ3n) is 3.77. The molecule has 0 aliphatic carbocycles. The van der Waals surface area contributed by atoms with Gasteiger partial charge in [0.2, 0.25) is 11.8 Å². The molecule has 0 saturated carbocycles. The maximum absolute atomic E-state index is 11.9. The summed E-state index contributed by atoms with van der Waals surface area (Å²) in [6.07, 6.45) is 0.784. The second kappa shape index (κ2) is 10.9. The number of nitrogens with one attached hydrogen (secondary N) is 3. The molecule has 0 radical (unpaired) electrons. The molecule has 2 rings (SSSR count). The van der Waals surface area contributed by atoms with Crippen molar-refractivity contribution in [3.8, 4) is 5.75 Å². The van der Waals surface area contributed by atoms with Crippen molar-refractivity contribution in [3.05, 3.63) is 59.1 Å². The van der Waals surface area contributed by atoms with Crippen molar-refractivity contribution in [2.45, 2.75) is 26.2 Å². The minimum atomic E-state index is -0.506. The fourth-order valence-electron chi connectivity index (χ4n) is 2.21. The summed E-state index contributed by atoms with van der Waals surface area (Å²) in [4.78, 5) is 35.3. The summed E-state index contributed by atoms with van der Waals surface area (Å²) >= 11 is 5.95. The van der Waals surface area contributed by atoms with E-state index in [2.05, 4.69) is 16.2 Å². The van der Waals surface area contributed by atoms with E-state index in [0.29, 0.717) is 16.5 Å². The highest BCUT2D eigenvalue weighted by molar-refractivity contribution is 6.33. The van der Waals surface area contributed by atoms with Crippen molar-refractivity contribution in [1.29, 1.82) is 0 Å². The molecule has 7 nitrogen and oxygen atoms in total. The van der Waals surface area contributed by atoms with Crippen LogP contribution in [-0.2, 0) is 20.8 Å². The number of carbonyl (C=O) groups excluding carboxylic acids is 3. The van der Waals surface area contributed by atoms with E-state index >= 15 is 0 Å². The molecular weight excluding hydrogens is 382 g/mol. The molecule has 3 N–H and O–H groups in total. The van der Waals surface area contributed by atoms with Gasteiger partial charge in [0, 0.05) is 12.8 Å². The highest BCUT2D eigenvalue weighted by Gasteiger charge is 2.10. The molecule has 0 bridgehead atoms. The molecule has 0 unspecified atom stereocenters. The number of para-hydroxylation sites is 1. The van der Waals surface area contributed by atoms with Crippen molar-refractivity contribution in [2.24, 2.45) is 0 Å². The van der Waals surface area contributed by atoms with Crippen LogP contribution >= 0.6 is 11.6 Å². The molecule has 0 spiro atoms. The largest absolute Gasteiger partial charge is 0.484 e. The highest BCUT2D eigenvalue weighted by Crippen LogP contribution is 2.20. The van der Waals surface area contributed by atoms with Gasteiger partial charge in [0.25, 0.3) is 5.91 Å². The van der Waals surface area contributed by atoms with Gasteiger partial charge in [0.1, 0.15) is 5.75 Å². The number of hydrogen-bond donors (Lipinski definition) is 3. The van der Waals surface area contributed by atoms with Gasteiger partial charge in [0.05, 0.1) is 10.7 Å². The molecule has 3 amide bonds. The smallest absolute Gasteiger partial charge is 0.276 e. The van der Waals surface area contributed by atoms with Gasteiger partial charge in [-0.15, -0.1) is 0 Å². The minimum absolute atomic E-state index is 0.0484. The monoisotopic (exact) mass is 403 g/mol. The number of benzene rings is 2. The van der Waals surface area contributed by atoms with E-state index in [1.807, 2.05) is 19.1 Å². The molecule has 28 heavy (non-hydrogen) atoms. The zero-order valence-corrected chi connectivity index (χ0v) is 16.2. The molecule has 0 aliphatic rings. The minimum Gasteiger partial charge on any atom is -0.484 e. The van der Waals surface area contributed by atoms with E-state index in [1.165, 1.54) is 5.56 Å². The van der Waals surface area contributed by atoms with Crippen molar-refractivity contribution < 1.29 is 19.1 Å². The van der Waals surface area contributed by atoms with Crippen LogP contribution in [0.3, 0.4) is 0 Å². The van der Waals surface area contributed by atoms with E-state index < -0.39 is 11.8 Å². The predicted molar refractivity (Wildman–Crippen MR) is 107 cm³/mol. The first-order chi connectivity index (χ1) is 13.5. The van der Waals surface area contributed by atoms with Gasteiger partial charge >= 0.3 is 0 Å². The van der Waals surface area contributed by atoms with Crippen LogP contribution in [0.4, 0.5) is 5.69 Å². The number of ether oxygens (including phenoxy) is 1. The number of rotatable bonds is 8. The van der Waals surface area contributed by atoms with Crippen molar-refractivity contribution in [3.63, 3.8) is 0 Å². The number of anilines is 1. The van der Waals surface area contributed by atoms with Gasteiger partial charge in [-0.25, -0.2) is 0 Å². The molecule has 2 aromatic carbocycles. The Labute approximate surface area is 168 Å². The molecule has 0 aliphatic heterocycles. The van der Waals surface area contributed by atoms with Crippen LogP contribution in [0.15, 0.2) is 48.5 Å². The van der Waals surface area contributed by atoms with Crippen molar-refractivity contribution in [1.82, 2.24) is 10.9 Å². The molecule has 0 fully saturated rings. The Bertz CT molecular complexity index is 824. The molecule has 0 heterocycles. The third kappa shape index (κ3) is 7.28. The number of hydrogen-bond acceptors (Lipinski definition) is 4. The maximum Gasteiger partial charge on any atom is 0.276 e. The fraction of sp³-hybridized carbons (Fsp3) is 0.250. The Morgan fingerprint density at radius 1 is 0.893 bits per heavy atom.